The second-order valence-electron chi connectivity index (χ2n) is 5.51. The van der Waals surface area contributed by atoms with Gasteiger partial charge in [-0.2, -0.15) is 0 Å². The molecular weight excluding hydrogens is 264 g/mol. The van der Waals surface area contributed by atoms with Gasteiger partial charge in [0.1, 0.15) is 12.7 Å². The smallest absolute Gasteiger partial charge is 0.256 e. The van der Waals surface area contributed by atoms with E-state index in [-0.39, 0.29) is 11.9 Å². The third kappa shape index (κ3) is 2.46. The third-order valence-electron chi connectivity index (χ3n) is 3.77. The highest BCUT2D eigenvalue weighted by atomic mass is 16.2. The van der Waals surface area contributed by atoms with Crippen molar-refractivity contribution in [1.29, 1.82) is 0 Å². The summed E-state index contributed by atoms with van der Waals surface area (Å²) >= 11 is 0. The number of benzene rings is 1. The number of hydrogen-bond donors (Lipinski definition) is 0. The third-order valence-corrected chi connectivity index (χ3v) is 3.77. The van der Waals surface area contributed by atoms with Crippen molar-refractivity contribution >= 4 is 5.91 Å². The molecule has 1 aromatic heterocycles. The fourth-order valence-corrected chi connectivity index (χ4v) is 2.70. The largest absolute Gasteiger partial charge is 0.328 e. The van der Waals surface area contributed by atoms with Crippen LogP contribution in [0.5, 0.6) is 0 Å². The molecule has 1 amide bonds. The first-order valence-electron chi connectivity index (χ1n) is 7.10. The average molecular weight is 282 g/mol. The standard InChI is InChI=1S/C16H18N4O/c1-12(2)14-8-5-9-20(14)16(21)13-6-3-4-7-15(13)19-10-17-18-11-19/h3-8,10-12,14H,9H2,1-2H3/t14-/m0/s1. The van der Waals surface area contributed by atoms with Crippen molar-refractivity contribution in [1.82, 2.24) is 19.7 Å². The minimum atomic E-state index is 0.0444. The highest BCUT2D eigenvalue weighted by Crippen LogP contribution is 2.23. The van der Waals surface area contributed by atoms with E-state index in [0.29, 0.717) is 18.0 Å². The van der Waals surface area contributed by atoms with Crippen LogP contribution in [0.4, 0.5) is 0 Å². The van der Waals surface area contributed by atoms with Crippen molar-refractivity contribution in [3.8, 4) is 5.69 Å². The lowest BCUT2D eigenvalue weighted by atomic mass is 10.0. The highest BCUT2D eigenvalue weighted by Gasteiger charge is 2.29. The maximum atomic E-state index is 12.9. The Kier molecular flexibility index (Phi) is 3.56. The van der Waals surface area contributed by atoms with Crippen molar-refractivity contribution < 1.29 is 4.79 Å². The van der Waals surface area contributed by atoms with Crippen molar-refractivity contribution in [2.75, 3.05) is 6.54 Å². The lowest BCUT2D eigenvalue weighted by Crippen LogP contribution is -2.39. The number of hydrogen-bond acceptors (Lipinski definition) is 3. The zero-order valence-electron chi connectivity index (χ0n) is 12.2. The summed E-state index contributed by atoms with van der Waals surface area (Å²) < 4.78 is 1.76. The Balaban J connectivity index is 1.96. The van der Waals surface area contributed by atoms with Gasteiger partial charge < -0.3 is 4.90 Å². The maximum absolute atomic E-state index is 12.9. The first-order valence-corrected chi connectivity index (χ1v) is 7.10. The van der Waals surface area contributed by atoms with Gasteiger partial charge in [0.15, 0.2) is 0 Å². The summed E-state index contributed by atoms with van der Waals surface area (Å²) in [5.41, 5.74) is 1.48. The van der Waals surface area contributed by atoms with Gasteiger partial charge in [-0.15, -0.1) is 10.2 Å². The second-order valence-corrected chi connectivity index (χ2v) is 5.51. The number of nitrogens with zero attached hydrogens (tertiary/aromatic N) is 4. The predicted molar refractivity (Wildman–Crippen MR) is 80.2 cm³/mol. The Morgan fingerprint density at radius 2 is 1.95 bits per heavy atom. The molecule has 0 unspecified atom stereocenters. The number of aromatic nitrogens is 3. The Bertz CT molecular complexity index is 661. The quantitative estimate of drug-likeness (QED) is 0.812. The van der Waals surface area contributed by atoms with Gasteiger partial charge in [0.25, 0.3) is 5.91 Å². The molecule has 0 aliphatic carbocycles. The Labute approximate surface area is 123 Å². The molecule has 0 fully saturated rings. The summed E-state index contributed by atoms with van der Waals surface area (Å²) in [5, 5.41) is 7.63. The number of rotatable bonds is 3. The lowest BCUT2D eigenvalue weighted by Gasteiger charge is -2.28. The van der Waals surface area contributed by atoms with Crippen LogP contribution in [0.15, 0.2) is 49.1 Å². The van der Waals surface area contributed by atoms with Crippen LogP contribution in [0.25, 0.3) is 5.69 Å². The minimum absolute atomic E-state index is 0.0444. The van der Waals surface area contributed by atoms with E-state index >= 15 is 0 Å². The van der Waals surface area contributed by atoms with Gasteiger partial charge in [-0.3, -0.25) is 9.36 Å². The first-order chi connectivity index (χ1) is 10.2. The fourth-order valence-electron chi connectivity index (χ4n) is 2.70. The summed E-state index contributed by atoms with van der Waals surface area (Å²) in [5.74, 6) is 0.442. The van der Waals surface area contributed by atoms with Crippen molar-refractivity contribution in [2.24, 2.45) is 5.92 Å². The zero-order chi connectivity index (χ0) is 14.8. The van der Waals surface area contributed by atoms with E-state index in [1.807, 2.05) is 29.2 Å². The van der Waals surface area contributed by atoms with Crippen molar-refractivity contribution in [3.05, 3.63) is 54.6 Å². The number of amides is 1. The van der Waals surface area contributed by atoms with E-state index in [4.69, 9.17) is 0 Å². The van der Waals surface area contributed by atoms with Gasteiger partial charge >= 0.3 is 0 Å². The normalized spacial score (nSPS) is 17.7. The summed E-state index contributed by atoms with van der Waals surface area (Å²) in [6.07, 6.45) is 7.39. The van der Waals surface area contributed by atoms with Crippen LogP contribution in [0, 0.1) is 5.92 Å². The molecule has 0 radical (unpaired) electrons. The fraction of sp³-hybridized carbons (Fsp3) is 0.312. The van der Waals surface area contributed by atoms with Crippen LogP contribution in [0.2, 0.25) is 0 Å². The minimum Gasteiger partial charge on any atom is -0.328 e. The van der Waals surface area contributed by atoms with Crippen LogP contribution in [-0.4, -0.2) is 38.2 Å². The van der Waals surface area contributed by atoms with E-state index in [1.165, 1.54) is 0 Å². The Morgan fingerprint density at radius 3 is 2.67 bits per heavy atom. The Morgan fingerprint density at radius 1 is 1.24 bits per heavy atom. The van der Waals surface area contributed by atoms with Gasteiger partial charge in [-0.05, 0) is 18.1 Å². The molecule has 108 valence electrons. The van der Waals surface area contributed by atoms with E-state index in [2.05, 4.69) is 36.2 Å². The van der Waals surface area contributed by atoms with Crippen LogP contribution in [0.3, 0.4) is 0 Å². The maximum Gasteiger partial charge on any atom is 0.256 e. The lowest BCUT2D eigenvalue weighted by molar-refractivity contribution is 0.0720. The van der Waals surface area contributed by atoms with Crippen LogP contribution in [-0.2, 0) is 0 Å². The summed E-state index contributed by atoms with van der Waals surface area (Å²) in [7, 11) is 0. The Hall–Kier alpha value is -2.43. The van der Waals surface area contributed by atoms with Crippen LogP contribution in [0.1, 0.15) is 24.2 Å². The molecular formula is C16H18N4O. The van der Waals surface area contributed by atoms with E-state index < -0.39 is 0 Å². The van der Waals surface area contributed by atoms with Crippen LogP contribution < -0.4 is 0 Å². The van der Waals surface area contributed by atoms with Gasteiger partial charge in [-0.1, -0.05) is 38.1 Å². The molecule has 21 heavy (non-hydrogen) atoms. The monoisotopic (exact) mass is 282 g/mol. The van der Waals surface area contributed by atoms with Gasteiger partial charge in [-0.25, -0.2) is 0 Å². The summed E-state index contributed by atoms with van der Waals surface area (Å²) in [6.45, 7) is 4.93. The summed E-state index contributed by atoms with van der Waals surface area (Å²) in [4.78, 5) is 14.8. The second kappa shape index (κ2) is 5.52. The molecule has 3 rings (SSSR count). The molecule has 5 heteroatoms. The van der Waals surface area contributed by atoms with Gasteiger partial charge in [0.05, 0.1) is 17.3 Å². The molecule has 0 bridgehead atoms. The number of carbonyl (C=O) groups excluding carboxylic acids is 1. The molecule has 0 N–H and O–H groups in total. The van der Waals surface area contributed by atoms with Crippen LogP contribution >= 0.6 is 0 Å². The molecule has 0 saturated carbocycles. The molecule has 1 atom stereocenters. The molecule has 2 aromatic rings. The molecule has 0 saturated heterocycles. The summed E-state index contributed by atoms with van der Waals surface area (Å²) in [6, 6.07) is 7.72. The molecule has 1 aromatic carbocycles. The topological polar surface area (TPSA) is 51.0 Å². The molecule has 1 aliphatic heterocycles. The zero-order valence-corrected chi connectivity index (χ0v) is 12.2. The van der Waals surface area contributed by atoms with Gasteiger partial charge in [0, 0.05) is 6.54 Å². The average Bonchev–Trinajstić information content (AvgIpc) is 3.17. The number of carbonyl (C=O) groups is 1. The van der Waals surface area contributed by atoms with Crippen molar-refractivity contribution in [2.45, 2.75) is 19.9 Å². The molecule has 1 aliphatic rings. The predicted octanol–water partition coefficient (Wildman–Crippen LogP) is 2.30. The van der Waals surface area contributed by atoms with E-state index in [1.54, 1.807) is 17.2 Å². The SMILES string of the molecule is CC(C)[C@@H]1C=CCN1C(=O)c1ccccc1-n1cnnc1. The van der Waals surface area contributed by atoms with E-state index in [9.17, 15) is 4.79 Å². The number of para-hydroxylation sites is 1. The van der Waals surface area contributed by atoms with Crippen molar-refractivity contribution in [3.63, 3.8) is 0 Å². The van der Waals surface area contributed by atoms with E-state index in [0.717, 1.165) is 5.69 Å². The highest BCUT2D eigenvalue weighted by molar-refractivity contribution is 5.98. The molecule has 5 nitrogen and oxygen atoms in total. The molecule has 0 spiro atoms. The molecule has 2 heterocycles. The first kappa shape index (κ1) is 13.5. The van der Waals surface area contributed by atoms with Gasteiger partial charge in [0.2, 0.25) is 0 Å².